The minimum Gasteiger partial charge on any atom is -0.308 e. The molecular formula is C7H13N. The van der Waals surface area contributed by atoms with Crippen molar-refractivity contribution >= 4 is 0 Å². The maximum Gasteiger partial charge on any atom is 0.0286 e. The van der Waals surface area contributed by atoms with Gasteiger partial charge in [0.2, 0.25) is 0 Å². The van der Waals surface area contributed by atoms with E-state index < -0.39 is 0 Å². The van der Waals surface area contributed by atoms with E-state index in [-0.39, 0.29) is 0 Å². The van der Waals surface area contributed by atoms with Gasteiger partial charge in [-0.15, -0.1) is 0 Å². The van der Waals surface area contributed by atoms with Gasteiger partial charge < -0.3 is 5.32 Å². The van der Waals surface area contributed by atoms with Crippen molar-refractivity contribution in [1.29, 1.82) is 0 Å². The molecule has 1 N–H and O–H groups in total. The van der Waals surface area contributed by atoms with Crippen molar-refractivity contribution in [2.24, 2.45) is 0 Å². The highest BCUT2D eigenvalue weighted by atomic mass is 14.9. The van der Waals surface area contributed by atoms with Crippen LogP contribution < -0.4 is 5.32 Å². The Morgan fingerprint density at radius 3 is 2.38 bits per heavy atom. The van der Waals surface area contributed by atoms with Crippen LogP contribution in [-0.2, 0) is 0 Å². The Hall–Kier alpha value is -0.300. The summed E-state index contributed by atoms with van der Waals surface area (Å²) in [6, 6.07) is 1.31. The molecule has 0 radical (unpaired) electrons. The average Bonchev–Trinajstić information content (AvgIpc) is 1.55. The molecule has 0 aromatic rings. The molecule has 1 nitrogen and oxygen atoms in total. The summed E-state index contributed by atoms with van der Waals surface area (Å²) in [5.41, 5.74) is 0. The van der Waals surface area contributed by atoms with Gasteiger partial charge in [0.25, 0.3) is 0 Å². The molecule has 1 rings (SSSR count). The molecule has 0 spiro atoms. The maximum absolute atomic E-state index is 3.39. The first kappa shape index (κ1) is 5.83. The lowest BCUT2D eigenvalue weighted by molar-refractivity contribution is 0.504. The molecule has 1 atom stereocenters. The van der Waals surface area contributed by atoms with Crippen molar-refractivity contribution in [2.45, 2.75) is 32.4 Å². The summed E-state index contributed by atoms with van der Waals surface area (Å²) in [6.45, 7) is 4.35. The Bertz CT molecular complexity index is 94.6. The summed E-state index contributed by atoms with van der Waals surface area (Å²) in [5.74, 6) is 0. The van der Waals surface area contributed by atoms with Crippen LogP contribution >= 0.6 is 0 Å². The van der Waals surface area contributed by atoms with E-state index in [0.717, 1.165) is 0 Å². The zero-order valence-electron chi connectivity index (χ0n) is 5.52. The molecule has 0 bridgehead atoms. The lowest BCUT2D eigenvalue weighted by atomic mass is 10.0. The Kier molecular flexibility index (Phi) is 1.69. The minimum absolute atomic E-state index is 0.630. The van der Waals surface area contributed by atoms with E-state index in [4.69, 9.17) is 0 Å². The van der Waals surface area contributed by atoms with Gasteiger partial charge in [-0.1, -0.05) is 26.0 Å². The molecule has 1 heteroatoms. The van der Waals surface area contributed by atoms with Crippen molar-refractivity contribution in [2.75, 3.05) is 0 Å². The maximum atomic E-state index is 3.39. The SMILES string of the molecule is CC(C)NC1C=CC1. The zero-order valence-corrected chi connectivity index (χ0v) is 5.52. The van der Waals surface area contributed by atoms with Crippen molar-refractivity contribution < 1.29 is 0 Å². The van der Waals surface area contributed by atoms with Crippen LogP contribution in [0.5, 0.6) is 0 Å². The van der Waals surface area contributed by atoms with Crippen molar-refractivity contribution in [3.63, 3.8) is 0 Å². The molecule has 1 aliphatic rings. The van der Waals surface area contributed by atoms with Gasteiger partial charge in [-0.2, -0.15) is 0 Å². The van der Waals surface area contributed by atoms with Crippen LogP contribution in [0.3, 0.4) is 0 Å². The summed E-state index contributed by atoms with van der Waals surface area (Å²) in [4.78, 5) is 0. The normalized spacial score (nSPS) is 26.1. The average molecular weight is 111 g/mol. The molecule has 1 aliphatic carbocycles. The second-order valence-corrected chi connectivity index (χ2v) is 2.59. The third-order valence-corrected chi connectivity index (χ3v) is 1.31. The summed E-state index contributed by atoms with van der Waals surface area (Å²) < 4.78 is 0. The Balaban J connectivity index is 2.11. The Labute approximate surface area is 50.8 Å². The van der Waals surface area contributed by atoms with E-state index in [1.165, 1.54) is 6.42 Å². The van der Waals surface area contributed by atoms with Gasteiger partial charge in [0.1, 0.15) is 0 Å². The molecule has 0 aliphatic heterocycles. The van der Waals surface area contributed by atoms with Gasteiger partial charge >= 0.3 is 0 Å². The van der Waals surface area contributed by atoms with Crippen molar-refractivity contribution in [1.82, 2.24) is 5.32 Å². The van der Waals surface area contributed by atoms with Crippen LogP contribution in [0, 0.1) is 0 Å². The first-order valence-electron chi connectivity index (χ1n) is 3.22. The molecule has 0 saturated heterocycles. The summed E-state index contributed by atoms with van der Waals surface area (Å²) >= 11 is 0. The van der Waals surface area contributed by atoms with Gasteiger partial charge in [0.15, 0.2) is 0 Å². The van der Waals surface area contributed by atoms with E-state index >= 15 is 0 Å². The molecule has 0 saturated carbocycles. The van der Waals surface area contributed by atoms with E-state index in [2.05, 4.69) is 31.3 Å². The molecule has 0 heterocycles. The Morgan fingerprint density at radius 1 is 1.62 bits per heavy atom. The van der Waals surface area contributed by atoms with Gasteiger partial charge in [-0.05, 0) is 6.42 Å². The van der Waals surface area contributed by atoms with Crippen molar-refractivity contribution in [3.8, 4) is 0 Å². The molecule has 0 aromatic carbocycles. The third kappa shape index (κ3) is 1.34. The van der Waals surface area contributed by atoms with Crippen LogP contribution in [0.25, 0.3) is 0 Å². The smallest absolute Gasteiger partial charge is 0.0286 e. The quantitative estimate of drug-likeness (QED) is 0.530. The van der Waals surface area contributed by atoms with Crippen LogP contribution in [0.4, 0.5) is 0 Å². The second kappa shape index (κ2) is 2.31. The number of rotatable bonds is 2. The second-order valence-electron chi connectivity index (χ2n) is 2.59. The number of hydrogen-bond donors (Lipinski definition) is 1. The largest absolute Gasteiger partial charge is 0.308 e. The standard InChI is InChI=1S/C7H13N/c1-6(2)8-7-4-3-5-7/h3-4,6-8H,5H2,1-2H3. The van der Waals surface area contributed by atoms with Crippen molar-refractivity contribution in [3.05, 3.63) is 12.2 Å². The predicted molar refractivity (Wildman–Crippen MR) is 35.8 cm³/mol. The highest BCUT2D eigenvalue weighted by Crippen LogP contribution is 2.07. The van der Waals surface area contributed by atoms with Crippen LogP contribution in [0.15, 0.2) is 12.2 Å². The van der Waals surface area contributed by atoms with Gasteiger partial charge in [0, 0.05) is 12.1 Å². The number of hydrogen-bond acceptors (Lipinski definition) is 1. The summed E-state index contributed by atoms with van der Waals surface area (Å²) in [5, 5.41) is 3.39. The first-order valence-corrected chi connectivity index (χ1v) is 3.22. The fraction of sp³-hybridized carbons (Fsp3) is 0.714. The highest BCUT2D eigenvalue weighted by Gasteiger charge is 2.08. The van der Waals surface area contributed by atoms with Gasteiger partial charge in [0.05, 0.1) is 0 Å². The van der Waals surface area contributed by atoms with Gasteiger partial charge in [-0.3, -0.25) is 0 Å². The van der Waals surface area contributed by atoms with Crippen LogP contribution in [-0.4, -0.2) is 12.1 Å². The van der Waals surface area contributed by atoms with E-state index in [1.807, 2.05) is 0 Å². The van der Waals surface area contributed by atoms with E-state index in [0.29, 0.717) is 12.1 Å². The predicted octanol–water partition coefficient (Wildman–Crippen LogP) is 1.31. The lowest BCUT2D eigenvalue weighted by Crippen LogP contribution is -2.35. The molecule has 0 amide bonds. The summed E-state index contributed by atoms with van der Waals surface area (Å²) in [6.07, 6.45) is 5.62. The fourth-order valence-electron chi connectivity index (χ4n) is 0.824. The lowest BCUT2D eigenvalue weighted by Gasteiger charge is -2.21. The zero-order chi connectivity index (χ0) is 5.98. The van der Waals surface area contributed by atoms with Gasteiger partial charge in [-0.25, -0.2) is 0 Å². The Morgan fingerprint density at radius 2 is 2.25 bits per heavy atom. The molecule has 0 aromatic heterocycles. The van der Waals surface area contributed by atoms with E-state index in [9.17, 15) is 0 Å². The molecule has 8 heavy (non-hydrogen) atoms. The first-order chi connectivity index (χ1) is 3.79. The molecular weight excluding hydrogens is 98.1 g/mol. The van der Waals surface area contributed by atoms with Crippen LogP contribution in [0.1, 0.15) is 20.3 Å². The number of nitrogens with one attached hydrogen (secondary N) is 1. The molecule has 0 fully saturated rings. The minimum atomic E-state index is 0.630. The molecule has 1 unspecified atom stereocenters. The van der Waals surface area contributed by atoms with E-state index in [1.54, 1.807) is 0 Å². The summed E-state index contributed by atoms with van der Waals surface area (Å²) in [7, 11) is 0. The fourth-order valence-corrected chi connectivity index (χ4v) is 0.824. The topological polar surface area (TPSA) is 12.0 Å². The monoisotopic (exact) mass is 111 g/mol. The molecule has 46 valence electrons. The highest BCUT2D eigenvalue weighted by molar-refractivity contribution is 5.07. The van der Waals surface area contributed by atoms with Crippen LogP contribution in [0.2, 0.25) is 0 Å². The third-order valence-electron chi connectivity index (χ3n) is 1.31.